The van der Waals surface area contributed by atoms with Crippen molar-refractivity contribution in [2.75, 3.05) is 13.2 Å². The van der Waals surface area contributed by atoms with E-state index in [1.54, 1.807) is 48.7 Å². The highest BCUT2D eigenvalue weighted by Crippen LogP contribution is 2.42. The smallest absolute Gasteiger partial charge is 0.270 e. The van der Waals surface area contributed by atoms with E-state index in [0.29, 0.717) is 12.2 Å². The zero-order valence-electron chi connectivity index (χ0n) is 17.4. The number of aliphatic hydroxyl groups is 1. The minimum absolute atomic E-state index is 0.271. The Hall–Kier alpha value is -3.42. The maximum Gasteiger partial charge on any atom is 0.270 e. The summed E-state index contributed by atoms with van der Waals surface area (Å²) in [6.07, 6.45) is 3.27. The number of aliphatic hydroxyl groups excluding tert-OH is 1. The maximum atomic E-state index is 13.4. The summed E-state index contributed by atoms with van der Waals surface area (Å²) in [6, 6.07) is 16.4. The van der Waals surface area contributed by atoms with Crippen LogP contribution < -0.4 is 5.32 Å². The lowest BCUT2D eigenvalue weighted by Gasteiger charge is -2.29. The molecule has 6 nitrogen and oxygen atoms in total. The second kappa shape index (κ2) is 9.38. The standard InChI is InChI=1S/C25H23FN2O4/c26-21-9-6-19(7-10-21)25(12-1-13-32-25)20-8-11-22(27-15-20)24(31)28-14-17-2-4-18(5-3-17)23(30)16-29/h2-11,15,29H,1,12-14,16H2,(H,28,31). The first kappa shape index (κ1) is 21.8. The molecule has 2 N–H and O–H groups in total. The van der Waals surface area contributed by atoms with Crippen LogP contribution in [-0.2, 0) is 16.9 Å². The molecule has 3 aromatic rings. The minimum atomic E-state index is -0.691. The summed E-state index contributed by atoms with van der Waals surface area (Å²) in [6.45, 7) is 0.339. The van der Waals surface area contributed by atoms with Gasteiger partial charge in [-0.25, -0.2) is 4.39 Å². The number of ketones is 1. The third-order valence-corrected chi connectivity index (χ3v) is 5.67. The highest BCUT2D eigenvalue weighted by atomic mass is 19.1. The Kier molecular flexibility index (Phi) is 6.39. The molecule has 1 aromatic heterocycles. The molecule has 0 aliphatic carbocycles. The van der Waals surface area contributed by atoms with Crippen LogP contribution in [0.2, 0.25) is 0 Å². The number of pyridine rings is 1. The van der Waals surface area contributed by atoms with Gasteiger partial charge in [0.15, 0.2) is 5.78 Å². The van der Waals surface area contributed by atoms with Gasteiger partial charge in [-0.05, 0) is 42.2 Å². The first-order valence-electron chi connectivity index (χ1n) is 10.4. The molecular weight excluding hydrogens is 411 g/mol. The number of hydrogen-bond donors (Lipinski definition) is 2. The normalized spacial score (nSPS) is 17.8. The zero-order chi connectivity index (χ0) is 22.6. The lowest BCUT2D eigenvalue weighted by atomic mass is 9.84. The van der Waals surface area contributed by atoms with Crippen LogP contribution in [0.3, 0.4) is 0 Å². The van der Waals surface area contributed by atoms with Crippen molar-refractivity contribution in [3.05, 3.63) is 101 Å². The van der Waals surface area contributed by atoms with Crippen LogP contribution in [0, 0.1) is 5.82 Å². The molecule has 1 fully saturated rings. The zero-order valence-corrected chi connectivity index (χ0v) is 17.4. The van der Waals surface area contributed by atoms with Gasteiger partial charge in [0.1, 0.15) is 23.7 Å². The quantitative estimate of drug-likeness (QED) is 0.557. The average molecular weight is 434 g/mol. The molecule has 1 aliphatic heterocycles. The Morgan fingerprint density at radius 2 is 1.75 bits per heavy atom. The fraction of sp³-hybridized carbons (Fsp3) is 0.240. The van der Waals surface area contributed by atoms with Crippen LogP contribution in [0.25, 0.3) is 0 Å². The van der Waals surface area contributed by atoms with Gasteiger partial charge >= 0.3 is 0 Å². The fourth-order valence-electron chi connectivity index (χ4n) is 3.92. The van der Waals surface area contributed by atoms with Crippen molar-refractivity contribution in [1.29, 1.82) is 0 Å². The van der Waals surface area contributed by atoms with Crippen molar-refractivity contribution in [3.8, 4) is 0 Å². The van der Waals surface area contributed by atoms with E-state index in [0.717, 1.165) is 29.5 Å². The molecular formula is C25H23FN2O4. The monoisotopic (exact) mass is 434 g/mol. The Morgan fingerprint density at radius 1 is 1.03 bits per heavy atom. The molecule has 2 aromatic carbocycles. The Morgan fingerprint density at radius 3 is 2.34 bits per heavy atom. The summed E-state index contributed by atoms with van der Waals surface area (Å²) in [4.78, 5) is 28.3. The second-order valence-electron chi connectivity index (χ2n) is 7.68. The van der Waals surface area contributed by atoms with Gasteiger partial charge in [-0.15, -0.1) is 0 Å². The predicted octanol–water partition coefficient (Wildman–Crippen LogP) is 3.38. The van der Waals surface area contributed by atoms with Crippen LogP contribution >= 0.6 is 0 Å². The van der Waals surface area contributed by atoms with Crippen molar-refractivity contribution in [1.82, 2.24) is 10.3 Å². The van der Waals surface area contributed by atoms with Crippen molar-refractivity contribution in [2.45, 2.75) is 25.0 Å². The number of ether oxygens (including phenoxy) is 1. The van der Waals surface area contributed by atoms with E-state index < -0.39 is 12.2 Å². The van der Waals surface area contributed by atoms with Crippen LogP contribution in [0.1, 0.15) is 50.4 Å². The van der Waals surface area contributed by atoms with E-state index in [2.05, 4.69) is 10.3 Å². The lowest BCUT2D eigenvalue weighted by molar-refractivity contribution is 0.0356. The summed E-state index contributed by atoms with van der Waals surface area (Å²) < 4.78 is 19.5. The Balaban J connectivity index is 1.45. The SMILES string of the molecule is O=C(CO)c1ccc(CNC(=O)c2ccc(C3(c4ccc(F)cc4)CCCO3)cn2)cc1. The first-order valence-corrected chi connectivity index (χ1v) is 10.4. The fourth-order valence-corrected chi connectivity index (χ4v) is 3.92. The third-order valence-electron chi connectivity index (χ3n) is 5.67. The largest absolute Gasteiger partial charge is 0.388 e. The lowest BCUT2D eigenvalue weighted by Crippen LogP contribution is -2.28. The molecule has 0 radical (unpaired) electrons. The number of Topliss-reactive ketones (excluding diaryl/α,β-unsaturated/α-hetero) is 1. The second-order valence-corrected chi connectivity index (χ2v) is 7.68. The molecule has 7 heteroatoms. The van der Waals surface area contributed by atoms with Gasteiger partial charge in [0.25, 0.3) is 5.91 Å². The van der Waals surface area contributed by atoms with Crippen molar-refractivity contribution in [3.63, 3.8) is 0 Å². The van der Waals surface area contributed by atoms with Gasteiger partial charge < -0.3 is 15.2 Å². The van der Waals surface area contributed by atoms with Crippen LogP contribution in [0.15, 0.2) is 66.9 Å². The number of hydrogen-bond acceptors (Lipinski definition) is 5. The van der Waals surface area contributed by atoms with Gasteiger partial charge in [0.2, 0.25) is 0 Å². The summed E-state index contributed by atoms with van der Waals surface area (Å²) >= 11 is 0. The van der Waals surface area contributed by atoms with Gasteiger partial charge in [0, 0.05) is 30.5 Å². The molecule has 1 atom stereocenters. The first-order chi connectivity index (χ1) is 15.5. The topological polar surface area (TPSA) is 88.5 Å². The molecule has 32 heavy (non-hydrogen) atoms. The van der Waals surface area contributed by atoms with E-state index in [9.17, 15) is 14.0 Å². The number of aromatic nitrogens is 1. The van der Waals surface area contributed by atoms with E-state index in [-0.39, 0.29) is 29.7 Å². The number of benzene rings is 2. The minimum Gasteiger partial charge on any atom is -0.388 e. The van der Waals surface area contributed by atoms with Crippen LogP contribution in [0.5, 0.6) is 0 Å². The number of carbonyl (C=O) groups excluding carboxylic acids is 2. The molecule has 1 unspecified atom stereocenters. The molecule has 2 heterocycles. The Bertz CT molecular complexity index is 1090. The predicted molar refractivity (Wildman–Crippen MR) is 116 cm³/mol. The molecule has 0 saturated carbocycles. The number of amides is 1. The number of nitrogens with one attached hydrogen (secondary N) is 1. The van der Waals surface area contributed by atoms with E-state index in [1.165, 1.54) is 12.1 Å². The van der Waals surface area contributed by atoms with Crippen LogP contribution in [0.4, 0.5) is 4.39 Å². The van der Waals surface area contributed by atoms with Crippen molar-refractivity contribution < 1.29 is 23.8 Å². The molecule has 0 spiro atoms. The molecule has 1 amide bonds. The van der Waals surface area contributed by atoms with Gasteiger partial charge in [0.05, 0.1) is 0 Å². The highest BCUT2D eigenvalue weighted by Gasteiger charge is 2.39. The van der Waals surface area contributed by atoms with Gasteiger partial charge in [-0.1, -0.05) is 42.5 Å². The average Bonchev–Trinajstić information content (AvgIpc) is 3.34. The van der Waals surface area contributed by atoms with E-state index >= 15 is 0 Å². The van der Waals surface area contributed by atoms with Gasteiger partial charge in [-0.3, -0.25) is 14.6 Å². The Labute approximate surface area is 185 Å². The van der Waals surface area contributed by atoms with Gasteiger partial charge in [-0.2, -0.15) is 0 Å². The molecule has 164 valence electrons. The molecule has 1 saturated heterocycles. The number of nitrogens with zero attached hydrogens (tertiary/aromatic N) is 1. The number of carbonyl (C=O) groups is 2. The number of rotatable bonds is 7. The van der Waals surface area contributed by atoms with E-state index in [1.807, 2.05) is 6.07 Å². The summed E-state index contributed by atoms with van der Waals surface area (Å²) in [7, 11) is 0. The maximum absolute atomic E-state index is 13.4. The van der Waals surface area contributed by atoms with Crippen LogP contribution in [-0.4, -0.2) is 35.0 Å². The van der Waals surface area contributed by atoms with Crippen molar-refractivity contribution >= 4 is 11.7 Å². The van der Waals surface area contributed by atoms with Crippen molar-refractivity contribution in [2.24, 2.45) is 0 Å². The molecule has 1 aliphatic rings. The summed E-state index contributed by atoms with van der Waals surface area (Å²) in [5.74, 6) is -0.980. The van der Waals surface area contributed by atoms with E-state index in [4.69, 9.17) is 9.84 Å². The number of halogens is 1. The summed E-state index contributed by atoms with van der Waals surface area (Å²) in [5.41, 5.74) is 2.50. The third kappa shape index (κ3) is 4.44. The summed E-state index contributed by atoms with van der Waals surface area (Å²) in [5, 5.41) is 11.7. The molecule has 4 rings (SSSR count). The molecule has 0 bridgehead atoms. The highest BCUT2D eigenvalue weighted by molar-refractivity contribution is 5.97.